The highest BCUT2D eigenvalue weighted by Gasteiger charge is 2.11. The summed E-state index contributed by atoms with van der Waals surface area (Å²) in [6.45, 7) is 1.79. The highest BCUT2D eigenvalue weighted by Crippen LogP contribution is 1.92. The van der Waals surface area contributed by atoms with Crippen LogP contribution >= 0.6 is 0 Å². The van der Waals surface area contributed by atoms with E-state index in [2.05, 4.69) is 0 Å². The smallest absolute Gasteiger partial charge is 0.320 e. The first-order valence-electron chi connectivity index (χ1n) is 3.41. The fourth-order valence-electron chi connectivity index (χ4n) is 0.526. The molecule has 0 amide bonds. The average Bonchev–Trinajstić information content (AvgIpc) is 1.99. The van der Waals surface area contributed by atoms with Crippen LogP contribution in [0.3, 0.4) is 0 Å². The van der Waals surface area contributed by atoms with E-state index in [1.54, 1.807) is 6.92 Å². The van der Waals surface area contributed by atoms with Gasteiger partial charge in [0.15, 0.2) is 0 Å². The minimum atomic E-state index is -1.03. The second kappa shape index (κ2) is 5.26. The molecule has 3 N–H and O–H groups in total. The van der Waals surface area contributed by atoms with Crippen molar-refractivity contribution in [2.45, 2.75) is 19.4 Å². The second-order valence-corrected chi connectivity index (χ2v) is 4.03. The maximum Gasteiger partial charge on any atom is 0.320 e. The Hall–Kier alpha value is -0.420. The highest BCUT2D eigenvalue weighted by molar-refractivity contribution is 7.84. The van der Waals surface area contributed by atoms with E-state index < -0.39 is 22.8 Å². The lowest BCUT2D eigenvalue weighted by Gasteiger charge is -2.03. The molecular weight excluding hydrogens is 166 g/mol. The van der Waals surface area contributed by atoms with Crippen molar-refractivity contribution in [1.29, 1.82) is 0 Å². The molecular formula is C6H13NO3S. The summed E-state index contributed by atoms with van der Waals surface area (Å²) in [5, 5.41) is 8.34. The number of rotatable bonds is 5. The molecule has 11 heavy (non-hydrogen) atoms. The standard InChI is InChI=1S/C6H13NO3S/c1-2-11(10)4-3-5(7)6(8)9/h5H,2-4,7H2,1H3,(H,8,9)/t5-,11+/m1/s1. The first-order chi connectivity index (χ1) is 5.07. The number of hydrogen-bond acceptors (Lipinski definition) is 3. The third kappa shape index (κ3) is 4.92. The topological polar surface area (TPSA) is 80.4 Å². The minimum absolute atomic E-state index is 0.287. The normalized spacial score (nSPS) is 15.8. The van der Waals surface area contributed by atoms with Crippen LogP contribution in [-0.2, 0) is 15.6 Å². The van der Waals surface area contributed by atoms with Gasteiger partial charge >= 0.3 is 5.97 Å². The summed E-state index contributed by atoms with van der Waals surface area (Å²) in [5.41, 5.74) is 5.19. The van der Waals surface area contributed by atoms with Gasteiger partial charge in [-0.1, -0.05) is 6.92 Å². The van der Waals surface area contributed by atoms with Gasteiger partial charge in [-0.2, -0.15) is 0 Å². The molecule has 0 radical (unpaired) electrons. The largest absolute Gasteiger partial charge is 0.480 e. The number of carboxylic acid groups (broad SMARTS) is 1. The summed E-state index contributed by atoms with van der Waals surface area (Å²) in [6, 6.07) is -0.870. The Morgan fingerprint density at radius 3 is 2.64 bits per heavy atom. The predicted octanol–water partition coefficient (Wildman–Crippen LogP) is -0.443. The Morgan fingerprint density at radius 2 is 2.27 bits per heavy atom. The van der Waals surface area contributed by atoms with Gasteiger partial charge in [-0.05, 0) is 6.42 Å². The fraction of sp³-hybridized carbons (Fsp3) is 0.833. The Morgan fingerprint density at radius 1 is 1.73 bits per heavy atom. The Bertz CT molecular complexity index is 160. The monoisotopic (exact) mass is 179 g/mol. The van der Waals surface area contributed by atoms with E-state index in [9.17, 15) is 9.00 Å². The van der Waals surface area contributed by atoms with Gasteiger partial charge in [-0.25, -0.2) is 0 Å². The zero-order chi connectivity index (χ0) is 8.85. The van der Waals surface area contributed by atoms with Crippen LogP contribution in [0.25, 0.3) is 0 Å². The molecule has 0 saturated heterocycles. The highest BCUT2D eigenvalue weighted by atomic mass is 32.2. The van der Waals surface area contributed by atoms with Crippen LogP contribution < -0.4 is 5.73 Å². The lowest BCUT2D eigenvalue weighted by atomic mass is 10.2. The molecule has 0 saturated carbocycles. The van der Waals surface area contributed by atoms with Crippen LogP contribution in [0.15, 0.2) is 0 Å². The zero-order valence-corrected chi connectivity index (χ0v) is 7.26. The van der Waals surface area contributed by atoms with Crippen molar-refractivity contribution in [2.24, 2.45) is 5.73 Å². The summed E-state index contributed by atoms with van der Waals surface area (Å²) >= 11 is 0. The predicted molar refractivity (Wildman–Crippen MR) is 43.8 cm³/mol. The Labute approximate surface area is 68.2 Å². The summed E-state index contributed by atoms with van der Waals surface area (Å²) in [7, 11) is -0.907. The number of hydrogen-bond donors (Lipinski definition) is 2. The van der Waals surface area contributed by atoms with Gasteiger partial charge in [0, 0.05) is 22.3 Å². The molecule has 66 valence electrons. The minimum Gasteiger partial charge on any atom is -0.480 e. The third-order valence-corrected chi connectivity index (χ3v) is 2.63. The van der Waals surface area contributed by atoms with Crippen molar-refractivity contribution in [3.05, 3.63) is 0 Å². The molecule has 0 heterocycles. The van der Waals surface area contributed by atoms with Gasteiger partial charge in [0.2, 0.25) is 0 Å². The van der Waals surface area contributed by atoms with Crippen LogP contribution in [0.1, 0.15) is 13.3 Å². The Balaban J connectivity index is 3.54. The van der Waals surface area contributed by atoms with Crippen LogP contribution in [0.5, 0.6) is 0 Å². The SMILES string of the molecule is CC[S@](=O)CC[C@@H](N)C(=O)O. The van der Waals surface area contributed by atoms with Gasteiger partial charge in [0.25, 0.3) is 0 Å². The van der Waals surface area contributed by atoms with Crippen LogP contribution in [0.2, 0.25) is 0 Å². The first-order valence-corrected chi connectivity index (χ1v) is 4.90. The maximum atomic E-state index is 10.8. The molecule has 0 aliphatic rings. The Kier molecular flexibility index (Phi) is 5.06. The summed E-state index contributed by atoms with van der Waals surface area (Å²) in [6.07, 6.45) is 0.287. The molecule has 0 aromatic heterocycles. The number of nitrogens with two attached hydrogens (primary N) is 1. The van der Waals surface area contributed by atoms with Crippen molar-refractivity contribution >= 4 is 16.8 Å². The first kappa shape index (κ1) is 10.6. The maximum absolute atomic E-state index is 10.8. The number of carbonyl (C=O) groups is 1. The molecule has 0 spiro atoms. The van der Waals surface area contributed by atoms with Crippen molar-refractivity contribution in [1.82, 2.24) is 0 Å². The van der Waals surface area contributed by atoms with E-state index in [0.29, 0.717) is 11.5 Å². The summed E-state index contributed by atoms with van der Waals surface area (Å²) in [4.78, 5) is 10.2. The van der Waals surface area contributed by atoms with Crippen molar-refractivity contribution in [3.63, 3.8) is 0 Å². The van der Waals surface area contributed by atoms with Gasteiger partial charge in [0.05, 0.1) is 0 Å². The summed E-state index contributed by atoms with van der Waals surface area (Å²) in [5.74, 6) is -0.0888. The molecule has 0 aromatic rings. The van der Waals surface area contributed by atoms with E-state index >= 15 is 0 Å². The van der Waals surface area contributed by atoms with Gasteiger partial charge < -0.3 is 10.8 Å². The third-order valence-electron chi connectivity index (χ3n) is 1.30. The number of aliphatic carboxylic acids is 1. The van der Waals surface area contributed by atoms with Crippen LogP contribution in [0.4, 0.5) is 0 Å². The fourth-order valence-corrected chi connectivity index (χ4v) is 1.33. The van der Waals surface area contributed by atoms with Crippen molar-refractivity contribution < 1.29 is 14.1 Å². The zero-order valence-electron chi connectivity index (χ0n) is 6.45. The van der Waals surface area contributed by atoms with Crippen LogP contribution in [0, 0.1) is 0 Å². The molecule has 2 atom stereocenters. The molecule has 0 aliphatic carbocycles. The van der Waals surface area contributed by atoms with E-state index in [4.69, 9.17) is 10.8 Å². The molecule has 0 unspecified atom stereocenters. The molecule has 0 aromatic carbocycles. The quantitative estimate of drug-likeness (QED) is 0.599. The lowest BCUT2D eigenvalue weighted by Crippen LogP contribution is -2.31. The number of carboxylic acids is 1. The average molecular weight is 179 g/mol. The van der Waals surface area contributed by atoms with Gasteiger partial charge in [0.1, 0.15) is 6.04 Å². The van der Waals surface area contributed by atoms with E-state index in [0.717, 1.165) is 0 Å². The molecule has 5 heteroatoms. The van der Waals surface area contributed by atoms with E-state index in [-0.39, 0.29) is 6.42 Å². The molecule has 0 rings (SSSR count). The molecule has 4 nitrogen and oxygen atoms in total. The van der Waals surface area contributed by atoms with E-state index in [1.165, 1.54) is 0 Å². The van der Waals surface area contributed by atoms with E-state index in [1.807, 2.05) is 0 Å². The van der Waals surface area contributed by atoms with Gasteiger partial charge in [-0.3, -0.25) is 9.00 Å². The van der Waals surface area contributed by atoms with Crippen LogP contribution in [-0.4, -0.2) is 32.8 Å². The lowest BCUT2D eigenvalue weighted by molar-refractivity contribution is -0.138. The molecule has 0 fully saturated rings. The van der Waals surface area contributed by atoms with Crippen molar-refractivity contribution in [3.8, 4) is 0 Å². The molecule has 0 aliphatic heterocycles. The second-order valence-electron chi connectivity index (χ2n) is 2.17. The molecule has 0 bridgehead atoms. The van der Waals surface area contributed by atoms with Gasteiger partial charge in [-0.15, -0.1) is 0 Å². The summed E-state index contributed by atoms with van der Waals surface area (Å²) < 4.78 is 10.8. The van der Waals surface area contributed by atoms with Crippen molar-refractivity contribution in [2.75, 3.05) is 11.5 Å².